The first-order valence-electron chi connectivity index (χ1n) is 19.8. The summed E-state index contributed by atoms with van der Waals surface area (Å²) in [6.45, 7) is 2.86. The summed E-state index contributed by atoms with van der Waals surface area (Å²) < 4.78 is 27.9. The lowest BCUT2D eigenvalue weighted by molar-refractivity contribution is -0.0731. The third-order valence-corrected chi connectivity index (χ3v) is 9.98. The van der Waals surface area contributed by atoms with E-state index in [1.807, 2.05) is 18.2 Å². The molecule has 272 valence electrons. The quantitative estimate of drug-likeness (QED) is 0.0487. The SMILES string of the molecule is CCCCCCCCCCCCCCCCCCC(COC(c1ccccc1)(c1ccccc1)c1ccccc1)OCc1cc(F)cc(C#N)c1. The number of ether oxygens (including phenoxy) is 2. The molecule has 51 heavy (non-hydrogen) atoms. The average molecular weight is 690 g/mol. The van der Waals surface area contributed by atoms with Crippen LogP contribution in [0.1, 0.15) is 144 Å². The van der Waals surface area contributed by atoms with Gasteiger partial charge in [-0.1, -0.05) is 201 Å². The fourth-order valence-electron chi connectivity index (χ4n) is 7.13. The van der Waals surface area contributed by atoms with Crippen LogP contribution in [-0.4, -0.2) is 12.7 Å². The maximum Gasteiger partial charge on any atom is 0.143 e. The molecule has 0 heterocycles. The van der Waals surface area contributed by atoms with Crippen molar-refractivity contribution in [2.45, 2.75) is 134 Å². The molecule has 0 aliphatic rings. The fourth-order valence-corrected chi connectivity index (χ4v) is 7.13. The number of hydrogen-bond donors (Lipinski definition) is 0. The highest BCUT2D eigenvalue weighted by Gasteiger charge is 2.38. The van der Waals surface area contributed by atoms with Crippen LogP contribution in [0.4, 0.5) is 4.39 Å². The Balaban J connectivity index is 1.34. The van der Waals surface area contributed by atoms with Crippen LogP contribution in [0.15, 0.2) is 109 Å². The number of unbranched alkanes of at least 4 members (excludes halogenated alkanes) is 15. The Morgan fingerprint density at radius 1 is 0.588 bits per heavy atom. The Morgan fingerprint density at radius 2 is 1.02 bits per heavy atom. The molecule has 1 unspecified atom stereocenters. The second kappa shape index (κ2) is 23.6. The topological polar surface area (TPSA) is 42.2 Å². The van der Waals surface area contributed by atoms with E-state index in [2.05, 4.69) is 85.8 Å². The molecule has 0 amide bonds. The Labute approximate surface area is 308 Å². The van der Waals surface area contributed by atoms with Gasteiger partial charge in [-0.3, -0.25) is 0 Å². The molecule has 0 radical (unpaired) electrons. The molecule has 0 saturated carbocycles. The smallest absolute Gasteiger partial charge is 0.143 e. The van der Waals surface area contributed by atoms with Crippen molar-refractivity contribution in [2.24, 2.45) is 0 Å². The number of nitrogens with zero attached hydrogens (tertiary/aromatic N) is 1. The maximum atomic E-state index is 14.3. The summed E-state index contributed by atoms with van der Waals surface area (Å²) in [6.07, 6.45) is 21.9. The van der Waals surface area contributed by atoms with Crippen LogP contribution < -0.4 is 0 Å². The van der Waals surface area contributed by atoms with E-state index in [4.69, 9.17) is 9.47 Å². The van der Waals surface area contributed by atoms with Gasteiger partial charge in [0.15, 0.2) is 0 Å². The second-order valence-corrected chi connectivity index (χ2v) is 14.1. The van der Waals surface area contributed by atoms with Crippen LogP contribution in [0.25, 0.3) is 0 Å². The molecular formula is C47H60FNO2. The number of nitriles is 1. The summed E-state index contributed by atoms with van der Waals surface area (Å²) in [4.78, 5) is 0. The molecule has 0 saturated heterocycles. The first-order valence-corrected chi connectivity index (χ1v) is 19.8. The number of benzene rings is 4. The zero-order valence-electron chi connectivity index (χ0n) is 31.0. The highest BCUT2D eigenvalue weighted by atomic mass is 19.1. The molecule has 0 N–H and O–H groups in total. The van der Waals surface area contributed by atoms with Crippen LogP contribution in [0.5, 0.6) is 0 Å². The monoisotopic (exact) mass is 689 g/mol. The van der Waals surface area contributed by atoms with Crippen molar-refractivity contribution in [3.8, 4) is 6.07 Å². The van der Waals surface area contributed by atoms with Crippen molar-refractivity contribution < 1.29 is 13.9 Å². The number of hydrogen-bond acceptors (Lipinski definition) is 3. The van der Waals surface area contributed by atoms with Crippen molar-refractivity contribution in [3.63, 3.8) is 0 Å². The molecule has 4 heteroatoms. The predicted molar refractivity (Wildman–Crippen MR) is 209 cm³/mol. The summed E-state index contributed by atoms with van der Waals surface area (Å²) in [5.74, 6) is -0.422. The summed E-state index contributed by atoms with van der Waals surface area (Å²) in [6, 6.07) is 37.7. The maximum absolute atomic E-state index is 14.3. The van der Waals surface area contributed by atoms with E-state index in [1.165, 1.54) is 102 Å². The van der Waals surface area contributed by atoms with E-state index in [9.17, 15) is 9.65 Å². The lowest BCUT2D eigenvalue weighted by atomic mass is 9.80. The molecule has 4 rings (SSSR count). The molecule has 0 fully saturated rings. The van der Waals surface area contributed by atoms with E-state index in [0.29, 0.717) is 17.7 Å². The van der Waals surface area contributed by atoms with E-state index >= 15 is 0 Å². The largest absolute Gasteiger partial charge is 0.371 e. The predicted octanol–water partition coefficient (Wildman–Crippen LogP) is 13.2. The first kappa shape index (κ1) is 40.0. The third-order valence-electron chi connectivity index (χ3n) is 9.98. The van der Waals surface area contributed by atoms with E-state index in [-0.39, 0.29) is 12.7 Å². The minimum absolute atomic E-state index is 0.207. The molecule has 0 spiro atoms. The van der Waals surface area contributed by atoms with Crippen molar-refractivity contribution in [1.82, 2.24) is 0 Å². The molecule has 4 aromatic carbocycles. The highest BCUT2D eigenvalue weighted by molar-refractivity contribution is 5.47. The zero-order valence-corrected chi connectivity index (χ0v) is 31.0. The minimum atomic E-state index is -0.840. The van der Waals surface area contributed by atoms with Crippen molar-refractivity contribution in [2.75, 3.05) is 6.61 Å². The van der Waals surface area contributed by atoms with Gasteiger partial charge in [0.25, 0.3) is 0 Å². The van der Waals surface area contributed by atoms with Crippen molar-refractivity contribution in [1.29, 1.82) is 5.26 Å². The number of rotatable bonds is 26. The van der Waals surface area contributed by atoms with Crippen LogP contribution in [-0.2, 0) is 21.7 Å². The van der Waals surface area contributed by atoms with Gasteiger partial charge >= 0.3 is 0 Å². The Bertz CT molecular complexity index is 1420. The van der Waals surface area contributed by atoms with Gasteiger partial charge < -0.3 is 9.47 Å². The molecule has 0 aliphatic carbocycles. The van der Waals surface area contributed by atoms with Crippen molar-refractivity contribution in [3.05, 3.63) is 143 Å². The first-order chi connectivity index (χ1) is 25.2. The van der Waals surface area contributed by atoms with Gasteiger partial charge in [-0.25, -0.2) is 4.39 Å². The van der Waals surface area contributed by atoms with Gasteiger partial charge in [0.1, 0.15) is 11.4 Å². The van der Waals surface area contributed by atoms with Crippen LogP contribution in [0.2, 0.25) is 0 Å². The van der Waals surface area contributed by atoms with Gasteiger partial charge in [-0.2, -0.15) is 5.26 Å². The molecule has 0 bridgehead atoms. The lowest BCUT2D eigenvalue weighted by Crippen LogP contribution is -2.36. The molecule has 4 aromatic rings. The lowest BCUT2D eigenvalue weighted by Gasteiger charge is -2.37. The normalized spacial score (nSPS) is 12.1. The Morgan fingerprint density at radius 3 is 1.45 bits per heavy atom. The second-order valence-electron chi connectivity index (χ2n) is 14.1. The van der Waals surface area contributed by atoms with Crippen LogP contribution in [0, 0.1) is 17.1 Å². The molecular weight excluding hydrogens is 630 g/mol. The third kappa shape index (κ3) is 13.7. The Hall–Kier alpha value is -3.78. The summed E-state index contributed by atoms with van der Waals surface area (Å²) in [7, 11) is 0. The summed E-state index contributed by atoms with van der Waals surface area (Å²) in [5.41, 5.74) is 3.26. The van der Waals surface area contributed by atoms with Crippen LogP contribution in [0.3, 0.4) is 0 Å². The summed E-state index contributed by atoms with van der Waals surface area (Å²) in [5, 5.41) is 9.39. The average Bonchev–Trinajstić information content (AvgIpc) is 3.17. The van der Waals surface area contributed by atoms with E-state index in [0.717, 1.165) is 36.0 Å². The van der Waals surface area contributed by atoms with Gasteiger partial charge in [-0.15, -0.1) is 0 Å². The standard InChI is InChI=1S/C47H60FNO2/c1-2-3-4-5-6-7-8-9-10-11-12-13-14-15-16-26-33-46(50-38-41-34-40(37-49)35-45(48)36-41)39-51-47(42-27-20-17-21-28-42,43-29-22-18-23-30-43)44-31-24-19-25-32-44/h17-25,27-32,34-36,46H,2-16,26,33,38-39H2,1H3. The van der Waals surface area contributed by atoms with Crippen LogP contribution >= 0.6 is 0 Å². The Kier molecular flexibility index (Phi) is 18.5. The fraction of sp³-hybridized carbons (Fsp3) is 0.468. The molecule has 0 aliphatic heterocycles. The highest BCUT2D eigenvalue weighted by Crippen LogP contribution is 2.40. The van der Waals surface area contributed by atoms with E-state index < -0.39 is 11.4 Å². The van der Waals surface area contributed by atoms with Gasteiger partial charge in [0.2, 0.25) is 0 Å². The minimum Gasteiger partial charge on any atom is -0.371 e. The van der Waals surface area contributed by atoms with Gasteiger partial charge in [0.05, 0.1) is 31.0 Å². The summed E-state index contributed by atoms with van der Waals surface area (Å²) >= 11 is 0. The van der Waals surface area contributed by atoms with Gasteiger partial charge in [0, 0.05) is 0 Å². The molecule has 1 atom stereocenters. The molecule has 3 nitrogen and oxygen atoms in total. The number of halogens is 1. The zero-order chi connectivity index (χ0) is 35.8. The molecule has 0 aromatic heterocycles. The van der Waals surface area contributed by atoms with Gasteiger partial charge in [-0.05, 0) is 46.9 Å². The van der Waals surface area contributed by atoms with E-state index in [1.54, 1.807) is 6.07 Å². The van der Waals surface area contributed by atoms with Crippen molar-refractivity contribution >= 4 is 0 Å².